The third-order valence-electron chi connectivity index (χ3n) is 3.75. The summed E-state index contributed by atoms with van der Waals surface area (Å²) in [6.45, 7) is -0.0269. The predicted octanol–water partition coefficient (Wildman–Crippen LogP) is 0.369. The van der Waals surface area contributed by atoms with Crippen LogP contribution in [0.25, 0.3) is 0 Å². The molecule has 134 valence electrons. The van der Waals surface area contributed by atoms with E-state index in [1.54, 1.807) is 31.3 Å². The van der Waals surface area contributed by atoms with Crippen molar-refractivity contribution in [3.63, 3.8) is 0 Å². The molecule has 1 aromatic carbocycles. The fourth-order valence-corrected chi connectivity index (χ4v) is 2.52. The molecule has 1 amide bonds. The molecule has 1 aliphatic rings. The van der Waals surface area contributed by atoms with Crippen LogP contribution in [0.3, 0.4) is 0 Å². The number of nitrogens with one attached hydrogen (secondary N) is 1. The number of hydrogen-bond acceptors (Lipinski definition) is 7. The van der Waals surface area contributed by atoms with Crippen molar-refractivity contribution in [1.82, 2.24) is 5.32 Å². The van der Waals surface area contributed by atoms with E-state index in [-0.39, 0.29) is 36.9 Å². The summed E-state index contributed by atoms with van der Waals surface area (Å²) in [6, 6.07) is 7.07. The van der Waals surface area contributed by atoms with E-state index in [9.17, 15) is 14.4 Å². The number of carbonyl (C=O) groups is 3. The number of anilines is 1. The minimum absolute atomic E-state index is 0.0374. The summed E-state index contributed by atoms with van der Waals surface area (Å²) < 4.78 is 15.0. The maximum Gasteiger partial charge on any atom is 0.355 e. The zero-order valence-corrected chi connectivity index (χ0v) is 14.3. The number of esters is 2. The monoisotopic (exact) mass is 348 g/mol. The molecule has 0 aromatic heterocycles. The van der Waals surface area contributed by atoms with Crippen LogP contribution in [0.5, 0.6) is 0 Å². The van der Waals surface area contributed by atoms with Gasteiger partial charge in [0.15, 0.2) is 0 Å². The van der Waals surface area contributed by atoms with Gasteiger partial charge >= 0.3 is 11.9 Å². The highest BCUT2D eigenvalue weighted by Crippen LogP contribution is 2.29. The standard InChI is InChI=1S/C17H20N2O6/c1-18-14(20)8-11-6-4-5-7-13(11)19-10-25-9-12(16(21)23-2)15(19)17(22)24-3/h4-7H,8-10H2,1-3H3,(H,18,20). The van der Waals surface area contributed by atoms with E-state index in [1.807, 2.05) is 0 Å². The summed E-state index contributed by atoms with van der Waals surface area (Å²) >= 11 is 0. The Hall–Kier alpha value is -2.87. The van der Waals surface area contributed by atoms with Crippen molar-refractivity contribution >= 4 is 23.5 Å². The molecule has 1 N–H and O–H groups in total. The van der Waals surface area contributed by atoms with Crippen LogP contribution in [-0.4, -0.2) is 52.5 Å². The lowest BCUT2D eigenvalue weighted by atomic mass is 10.1. The van der Waals surface area contributed by atoms with Crippen molar-refractivity contribution in [2.45, 2.75) is 6.42 Å². The van der Waals surface area contributed by atoms with E-state index in [4.69, 9.17) is 14.2 Å². The van der Waals surface area contributed by atoms with E-state index in [0.29, 0.717) is 11.3 Å². The summed E-state index contributed by atoms with van der Waals surface area (Å²) in [7, 11) is 4.00. The average molecular weight is 348 g/mol. The first kappa shape index (κ1) is 18.5. The molecule has 0 saturated carbocycles. The van der Waals surface area contributed by atoms with Crippen molar-refractivity contribution in [1.29, 1.82) is 0 Å². The molecule has 8 nitrogen and oxygen atoms in total. The van der Waals surface area contributed by atoms with E-state index < -0.39 is 11.9 Å². The molecule has 0 saturated heterocycles. The van der Waals surface area contributed by atoms with Gasteiger partial charge in [-0.2, -0.15) is 0 Å². The number of likely N-dealkylation sites (N-methyl/N-ethyl adjacent to an activating group) is 1. The summed E-state index contributed by atoms with van der Waals surface area (Å²) in [5.41, 5.74) is 1.37. The van der Waals surface area contributed by atoms with Crippen LogP contribution in [0, 0.1) is 0 Å². The minimum atomic E-state index is -0.682. The van der Waals surface area contributed by atoms with Gasteiger partial charge in [-0.1, -0.05) is 18.2 Å². The van der Waals surface area contributed by atoms with Gasteiger partial charge in [0.25, 0.3) is 0 Å². The molecule has 1 aliphatic heterocycles. The Balaban J connectivity index is 2.55. The molecule has 0 radical (unpaired) electrons. The highest BCUT2D eigenvalue weighted by molar-refractivity contribution is 6.03. The summed E-state index contributed by atoms with van der Waals surface area (Å²) in [5.74, 6) is -1.53. The van der Waals surface area contributed by atoms with Gasteiger partial charge in [-0.15, -0.1) is 0 Å². The van der Waals surface area contributed by atoms with E-state index in [2.05, 4.69) is 5.32 Å². The molecule has 0 unspecified atom stereocenters. The molecule has 0 atom stereocenters. The molecular formula is C17H20N2O6. The average Bonchev–Trinajstić information content (AvgIpc) is 2.66. The maximum atomic E-state index is 12.3. The largest absolute Gasteiger partial charge is 0.466 e. The molecule has 2 rings (SSSR count). The van der Waals surface area contributed by atoms with Crippen molar-refractivity contribution < 1.29 is 28.6 Å². The van der Waals surface area contributed by atoms with Gasteiger partial charge in [0, 0.05) is 12.7 Å². The van der Waals surface area contributed by atoms with Gasteiger partial charge in [-0.25, -0.2) is 9.59 Å². The highest BCUT2D eigenvalue weighted by atomic mass is 16.5. The summed E-state index contributed by atoms with van der Waals surface area (Å²) in [5, 5.41) is 2.56. The molecule has 0 fully saturated rings. The number of ether oxygens (including phenoxy) is 3. The zero-order valence-electron chi connectivity index (χ0n) is 14.3. The number of benzene rings is 1. The Labute approximate surface area is 145 Å². The fraction of sp³-hybridized carbons (Fsp3) is 0.353. The van der Waals surface area contributed by atoms with E-state index in [0.717, 1.165) is 0 Å². The second kappa shape index (κ2) is 8.29. The lowest BCUT2D eigenvalue weighted by molar-refractivity contribution is -0.140. The SMILES string of the molecule is CNC(=O)Cc1ccccc1N1COCC(C(=O)OC)=C1C(=O)OC. The lowest BCUT2D eigenvalue weighted by Gasteiger charge is -2.32. The zero-order chi connectivity index (χ0) is 18.4. The van der Waals surface area contributed by atoms with E-state index in [1.165, 1.54) is 19.1 Å². The Morgan fingerprint density at radius 1 is 1.16 bits per heavy atom. The van der Waals surface area contributed by atoms with Crippen LogP contribution >= 0.6 is 0 Å². The van der Waals surface area contributed by atoms with Crippen LogP contribution in [0.15, 0.2) is 35.5 Å². The maximum absolute atomic E-state index is 12.3. The number of rotatable bonds is 5. The quantitative estimate of drug-likeness (QED) is 0.768. The third kappa shape index (κ3) is 3.97. The van der Waals surface area contributed by atoms with Gasteiger partial charge < -0.3 is 24.4 Å². The van der Waals surface area contributed by atoms with Gasteiger partial charge in [0.05, 0.1) is 32.8 Å². The van der Waals surface area contributed by atoms with Gasteiger partial charge in [-0.3, -0.25) is 4.79 Å². The highest BCUT2D eigenvalue weighted by Gasteiger charge is 2.33. The van der Waals surface area contributed by atoms with E-state index >= 15 is 0 Å². The predicted molar refractivity (Wildman–Crippen MR) is 88.6 cm³/mol. The number of nitrogens with zero attached hydrogens (tertiary/aromatic N) is 1. The number of para-hydroxylation sites is 1. The normalized spacial score (nSPS) is 14.1. The number of amides is 1. The van der Waals surface area contributed by atoms with Crippen molar-refractivity contribution in [2.75, 3.05) is 39.5 Å². The second-order valence-corrected chi connectivity index (χ2v) is 5.19. The van der Waals surface area contributed by atoms with Gasteiger partial charge in [0.1, 0.15) is 12.4 Å². The van der Waals surface area contributed by atoms with Crippen LogP contribution < -0.4 is 10.2 Å². The molecule has 0 aliphatic carbocycles. The molecule has 8 heteroatoms. The van der Waals surface area contributed by atoms with Gasteiger partial charge in [0.2, 0.25) is 5.91 Å². The molecule has 1 aromatic rings. The second-order valence-electron chi connectivity index (χ2n) is 5.19. The number of methoxy groups -OCH3 is 2. The first-order valence-corrected chi connectivity index (χ1v) is 7.57. The molecule has 1 heterocycles. The third-order valence-corrected chi connectivity index (χ3v) is 3.75. The Morgan fingerprint density at radius 2 is 1.84 bits per heavy atom. The molecular weight excluding hydrogens is 328 g/mol. The van der Waals surface area contributed by atoms with Crippen molar-refractivity contribution in [3.05, 3.63) is 41.1 Å². The topological polar surface area (TPSA) is 94.2 Å². The first-order chi connectivity index (χ1) is 12.0. The molecule has 25 heavy (non-hydrogen) atoms. The lowest BCUT2D eigenvalue weighted by Crippen LogP contribution is -2.39. The number of hydrogen-bond donors (Lipinski definition) is 1. The van der Waals surface area contributed by atoms with Crippen LogP contribution in [0.2, 0.25) is 0 Å². The Bertz CT molecular complexity index is 713. The minimum Gasteiger partial charge on any atom is -0.466 e. The summed E-state index contributed by atoms with van der Waals surface area (Å²) in [4.78, 5) is 37.6. The summed E-state index contributed by atoms with van der Waals surface area (Å²) in [6.07, 6.45) is 0.116. The van der Waals surface area contributed by atoms with Crippen LogP contribution in [0.4, 0.5) is 5.69 Å². The number of carbonyl (C=O) groups excluding carboxylic acids is 3. The Morgan fingerprint density at radius 3 is 2.48 bits per heavy atom. The van der Waals surface area contributed by atoms with Crippen molar-refractivity contribution in [2.24, 2.45) is 0 Å². The van der Waals surface area contributed by atoms with Crippen molar-refractivity contribution in [3.8, 4) is 0 Å². The van der Waals surface area contributed by atoms with Gasteiger partial charge in [-0.05, 0) is 11.6 Å². The smallest absolute Gasteiger partial charge is 0.355 e. The fourth-order valence-electron chi connectivity index (χ4n) is 2.52. The first-order valence-electron chi connectivity index (χ1n) is 7.57. The Kier molecular flexibility index (Phi) is 6.13. The van der Waals surface area contributed by atoms with Crippen LogP contribution in [-0.2, 0) is 35.0 Å². The van der Waals surface area contributed by atoms with Crippen LogP contribution in [0.1, 0.15) is 5.56 Å². The molecule has 0 spiro atoms. The molecule has 0 bridgehead atoms.